The zero-order valence-electron chi connectivity index (χ0n) is 19.7. The summed E-state index contributed by atoms with van der Waals surface area (Å²) in [5, 5.41) is 7.19. The number of rotatable bonds is 8. The Kier molecular flexibility index (Phi) is 7.40. The van der Waals surface area contributed by atoms with Crippen LogP contribution in [-0.4, -0.2) is 51.1 Å². The van der Waals surface area contributed by atoms with Crippen molar-refractivity contribution in [3.63, 3.8) is 0 Å². The Morgan fingerprint density at radius 1 is 1.24 bits per heavy atom. The highest BCUT2D eigenvalue weighted by molar-refractivity contribution is 7.04. The van der Waals surface area contributed by atoms with Crippen molar-refractivity contribution in [1.29, 1.82) is 0 Å². The average Bonchev–Trinajstić information content (AvgIpc) is 3.32. The van der Waals surface area contributed by atoms with Gasteiger partial charge < -0.3 is 25.1 Å². The number of aryl methyl sites for hydroxylation is 2. The van der Waals surface area contributed by atoms with E-state index in [1.807, 2.05) is 0 Å². The van der Waals surface area contributed by atoms with Gasteiger partial charge in [0.15, 0.2) is 0 Å². The highest BCUT2D eigenvalue weighted by Gasteiger charge is 2.21. The molecule has 0 aliphatic carbocycles. The zero-order chi connectivity index (χ0) is 25.0. The SMILES string of the molecule is COc1cc(C(N)=O)cc2nc(NC(=O)c3csnc3C)n(CCCNC(=O)OC(C)(C)C)c12. The van der Waals surface area contributed by atoms with Crippen molar-refractivity contribution in [3.8, 4) is 5.75 Å². The molecule has 0 fully saturated rings. The van der Waals surface area contributed by atoms with Crippen LogP contribution in [0.4, 0.5) is 10.7 Å². The minimum atomic E-state index is -0.623. The highest BCUT2D eigenvalue weighted by Crippen LogP contribution is 2.31. The molecular weight excluding hydrogens is 460 g/mol. The number of amides is 3. The maximum atomic E-state index is 12.8. The van der Waals surface area contributed by atoms with Gasteiger partial charge in [0.1, 0.15) is 16.9 Å². The summed E-state index contributed by atoms with van der Waals surface area (Å²) >= 11 is 1.19. The summed E-state index contributed by atoms with van der Waals surface area (Å²) in [5.41, 5.74) is 7.16. The molecule has 3 rings (SSSR count). The van der Waals surface area contributed by atoms with Crippen LogP contribution in [0.2, 0.25) is 0 Å². The van der Waals surface area contributed by atoms with Gasteiger partial charge in [-0.05, 0) is 57.8 Å². The molecule has 3 aromatic rings. The molecule has 0 radical (unpaired) electrons. The Bertz CT molecular complexity index is 1230. The number of fused-ring (bicyclic) bond motifs is 1. The molecule has 0 bridgehead atoms. The number of carbonyl (C=O) groups excluding carboxylic acids is 3. The summed E-state index contributed by atoms with van der Waals surface area (Å²) in [6.07, 6.45) is -0.00603. The number of hydrogen-bond donors (Lipinski definition) is 3. The predicted molar refractivity (Wildman–Crippen MR) is 128 cm³/mol. The highest BCUT2D eigenvalue weighted by atomic mass is 32.1. The summed E-state index contributed by atoms with van der Waals surface area (Å²) < 4.78 is 16.6. The van der Waals surface area contributed by atoms with Gasteiger partial charge in [-0.1, -0.05) is 0 Å². The number of aromatic nitrogens is 3. The molecule has 34 heavy (non-hydrogen) atoms. The lowest BCUT2D eigenvalue weighted by molar-refractivity contribution is 0.0526. The number of anilines is 1. The summed E-state index contributed by atoms with van der Waals surface area (Å²) in [5.74, 6) is -0.332. The van der Waals surface area contributed by atoms with E-state index in [1.54, 1.807) is 43.7 Å². The first-order chi connectivity index (χ1) is 16.0. The Balaban J connectivity index is 1.90. The second-order valence-electron chi connectivity index (χ2n) is 8.55. The van der Waals surface area contributed by atoms with Crippen LogP contribution in [0.5, 0.6) is 5.75 Å². The van der Waals surface area contributed by atoms with Gasteiger partial charge in [-0.2, -0.15) is 4.37 Å². The van der Waals surface area contributed by atoms with Crippen molar-refractivity contribution in [3.05, 3.63) is 34.3 Å². The second kappa shape index (κ2) is 10.1. The number of ether oxygens (including phenoxy) is 2. The molecule has 0 saturated heterocycles. The van der Waals surface area contributed by atoms with Crippen LogP contribution >= 0.6 is 11.5 Å². The smallest absolute Gasteiger partial charge is 0.407 e. The monoisotopic (exact) mass is 488 g/mol. The third-order valence-corrected chi connectivity index (χ3v) is 5.48. The molecule has 0 saturated carbocycles. The maximum Gasteiger partial charge on any atom is 0.407 e. The largest absolute Gasteiger partial charge is 0.494 e. The molecule has 182 valence electrons. The maximum absolute atomic E-state index is 12.8. The molecule has 0 spiro atoms. The van der Waals surface area contributed by atoms with Gasteiger partial charge in [-0.3, -0.25) is 14.9 Å². The molecular formula is C22H28N6O5S. The van der Waals surface area contributed by atoms with E-state index in [-0.39, 0.29) is 17.4 Å². The van der Waals surface area contributed by atoms with E-state index in [0.717, 1.165) is 0 Å². The Labute approximate surface area is 200 Å². The summed E-state index contributed by atoms with van der Waals surface area (Å²) in [6, 6.07) is 3.07. The van der Waals surface area contributed by atoms with Crippen LogP contribution in [-0.2, 0) is 11.3 Å². The van der Waals surface area contributed by atoms with Crippen LogP contribution in [0.3, 0.4) is 0 Å². The molecule has 1 aromatic carbocycles. The number of hydrogen-bond acceptors (Lipinski definition) is 8. The molecule has 2 heterocycles. The van der Waals surface area contributed by atoms with Gasteiger partial charge >= 0.3 is 6.09 Å². The number of alkyl carbamates (subject to hydrolysis) is 1. The Hall–Kier alpha value is -3.67. The fraction of sp³-hybridized carbons (Fsp3) is 0.409. The van der Waals surface area contributed by atoms with Crippen LogP contribution in [0.1, 0.15) is 53.6 Å². The molecule has 0 aliphatic heterocycles. The lowest BCUT2D eigenvalue weighted by atomic mass is 10.1. The van der Waals surface area contributed by atoms with Gasteiger partial charge in [-0.15, -0.1) is 0 Å². The van der Waals surface area contributed by atoms with Gasteiger partial charge in [0, 0.05) is 24.0 Å². The minimum Gasteiger partial charge on any atom is -0.494 e. The number of carbonyl (C=O) groups is 3. The van der Waals surface area contributed by atoms with E-state index in [1.165, 1.54) is 24.7 Å². The average molecular weight is 489 g/mol. The topological polar surface area (TPSA) is 150 Å². The van der Waals surface area contributed by atoms with Crippen molar-refractivity contribution < 1.29 is 23.9 Å². The fourth-order valence-corrected chi connectivity index (χ4v) is 3.95. The molecule has 0 aliphatic rings. The van der Waals surface area contributed by atoms with E-state index in [0.29, 0.717) is 47.6 Å². The van der Waals surface area contributed by atoms with E-state index in [9.17, 15) is 14.4 Å². The van der Waals surface area contributed by atoms with E-state index >= 15 is 0 Å². The number of benzene rings is 1. The Morgan fingerprint density at radius 3 is 2.56 bits per heavy atom. The molecule has 11 nitrogen and oxygen atoms in total. The quantitative estimate of drug-likeness (QED) is 0.412. The zero-order valence-corrected chi connectivity index (χ0v) is 20.5. The van der Waals surface area contributed by atoms with Crippen molar-refractivity contribution in [1.82, 2.24) is 19.2 Å². The lowest BCUT2D eigenvalue weighted by Crippen LogP contribution is -2.33. The van der Waals surface area contributed by atoms with Crippen molar-refractivity contribution in [2.45, 2.75) is 46.3 Å². The summed E-state index contributed by atoms with van der Waals surface area (Å²) in [4.78, 5) is 41.0. The Morgan fingerprint density at radius 2 is 1.97 bits per heavy atom. The summed E-state index contributed by atoms with van der Waals surface area (Å²) in [6.45, 7) is 7.83. The molecule has 4 N–H and O–H groups in total. The first-order valence-corrected chi connectivity index (χ1v) is 11.4. The number of nitrogens with zero attached hydrogens (tertiary/aromatic N) is 3. The van der Waals surface area contributed by atoms with Crippen molar-refractivity contribution >= 4 is 46.4 Å². The van der Waals surface area contributed by atoms with Gasteiger partial charge in [-0.25, -0.2) is 9.78 Å². The van der Waals surface area contributed by atoms with E-state index in [4.69, 9.17) is 15.2 Å². The van der Waals surface area contributed by atoms with Gasteiger partial charge in [0.05, 0.1) is 23.9 Å². The normalized spacial score (nSPS) is 11.3. The molecule has 12 heteroatoms. The van der Waals surface area contributed by atoms with Crippen molar-refractivity contribution in [2.75, 3.05) is 19.0 Å². The fourth-order valence-electron chi connectivity index (χ4n) is 3.26. The second-order valence-corrected chi connectivity index (χ2v) is 9.18. The number of imidazole rings is 1. The minimum absolute atomic E-state index is 0.233. The molecule has 2 aromatic heterocycles. The van der Waals surface area contributed by atoms with Crippen LogP contribution < -0.4 is 21.1 Å². The predicted octanol–water partition coefficient (Wildman–Crippen LogP) is 3.08. The van der Waals surface area contributed by atoms with E-state index < -0.39 is 17.6 Å². The first kappa shape index (κ1) is 25.0. The standard InChI is InChI=1S/C22H28N6O5S/c1-12-14(11-34-27-12)19(30)26-20-25-15-9-13(18(23)29)10-16(32-5)17(15)28(20)8-6-7-24-21(31)33-22(2,3)4/h9-11H,6-8H2,1-5H3,(H2,23,29)(H,24,31)(H,25,26,30). The first-order valence-electron chi connectivity index (χ1n) is 10.6. The van der Waals surface area contributed by atoms with Crippen LogP contribution in [0, 0.1) is 6.92 Å². The van der Waals surface area contributed by atoms with Gasteiger partial charge in [0.2, 0.25) is 11.9 Å². The summed E-state index contributed by atoms with van der Waals surface area (Å²) in [7, 11) is 1.47. The third kappa shape index (κ3) is 5.81. The van der Waals surface area contributed by atoms with Crippen LogP contribution in [0.15, 0.2) is 17.5 Å². The molecule has 0 unspecified atom stereocenters. The van der Waals surface area contributed by atoms with Crippen LogP contribution in [0.25, 0.3) is 11.0 Å². The number of primary amides is 1. The molecule has 0 atom stereocenters. The van der Waals surface area contributed by atoms with Gasteiger partial charge in [0.25, 0.3) is 5.91 Å². The third-order valence-electron chi connectivity index (χ3n) is 4.76. The van der Waals surface area contributed by atoms with Crippen molar-refractivity contribution in [2.24, 2.45) is 5.73 Å². The lowest BCUT2D eigenvalue weighted by Gasteiger charge is -2.19. The number of methoxy groups -OCH3 is 1. The number of nitrogens with two attached hydrogens (primary N) is 1. The number of nitrogens with one attached hydrogen (secondary N) is 2. The molecule has 3 amide bonds. The van der Waals surface area contributed by atoms with E-state index in [2.05, 4.69) is 20.0 Å².